The first-order valence-corrected chi connectivity index (χ1v) is 7.24. The predicted octanol–water partition coefficient (Wildman–Crippen LogP) is 2.41. The Labute approximate surface area is 136 Å². The molecule has 0 fully saturated rings. The first kappa shape index (κ1) is 16.8. The van der Waals surface area contributed by atoms with Gasteiger partial charge in [-0.25, -0.2) is 0 Å². The summed E-state index contributed by atoms with van der Waals surface area (Å²) in [5.74, 6) is 1.06. The van der Waals surface area contributed by atoms with Crippen LogP contribution in [-0.2, 0) is 16.0 Å². The molecular formula is C18H21NO4. The molecule has 2 aromatic rings. The van der Waals surface area contributed by atoms with Gasteiger partial charge in [0.1, 0.15) is 17.5 Å². The van der Waals surface area contributed by atoms with E-state index in [-0.39, 0.29) is 0 Å². The lowest BCUT2D eigenvalue weighted by molar-refractivity contribution is -0.142. The van der Waals surface area contributed by atoms with Crippen LogP contribution in [0.2, 0.25) is 0 Å². The summed E-state index contributed by atoms with van der Waals surface area (Å²) < 4.78 is 15.5. The van der Waals surface area contributed by atoms with Crippen LogP contribution in [0.5, 0.6) is 11.5 Å². The molecule has 0 aliphatic rings. The van der Waals surface area contributed by atoms with Crippen LogP contribution in [0.3, 0.4) is 0 Å². The van der Waals surface area contributed by atoms with Crippen LogP contribution < -0.4 is 15.2 Å². The number of benzene rings is 2. The van der Waals surface area contributed by atoms with E-state index in [9.17, 15) is 4.79 Å². The zero-order valence-corrected chi connectivity index (χ0v) is 13.5. The summed E-state index contributed by atoms with van der Waals surface area (Å²) in [6, 6.07) is 12.8. The van der Waals surface area contributed by atoms with Crippen molar-refractivity contribution in [2.24, 2.45) is 5.73 Å². The molecule has 5 heteroatoms. The molecule has 0 unspecified atom stereocenters. The predicted molar refractivity (Wildman–Crippen MR) is 88.7 cm³/mol. The van der Waals surface area contributed by atoms with Crippen molar-refractivity contribution in [3.63, 3.8) is 0 Å². The maximum Gasteiger partial charge on any atom is 0.322 e. The zero-order valence-electron chi connectivity index (χ0n) is 13.5. The molecule has 2 aromatic carbocycles. The molecule has 0 aromatic heterocycles. The molecule has 0 aliphatic heterocycles. The fraction of sp³-hybridized carbons (Fsp3) is 0.278. The molecule has 0 aliphatic carbocycles. The zero-order chi connectivity index (χ0) is 16.8. The Morgan fingerprint density at radius 2 is 1.57 bits per heavy atom. The summed E-state index contributed by atoms with van der Waals surface area (Å²) in [6.07, 6.45) is 0.427. The van der Waals surface area contributed by atoms with Crippen molar-refractivity contribution < 1.29 is 19.0 Å². The summed E-state index contributed by atoms with van der Waals surface area (Å²) >= 11 is 0. The second kappa shape index (κ2) is 7.65. The van der Waals surface area contributed by atoms with Gasteiger partial charge < -0.3 is 19.9 Å². The molecule has 2 rings (SSSR count). The summed E-state index contributed by atoms with van der Waals surface area (Å²) in [5, 5.41) is 0. The van der Waals surface area contributed by atoms with Crippen LogP contribution in [0.1, 0.15) is 5.56 Å². The maximum atomic E-state index is 11.4. The Kier molecular flexibility index (Phi) is 5.60. The van der Waals surface area contributed by atoms with Crippen molar-refractivity contribution in [1.82, 2.24) is 0 Å². The van der Waals surface area contributed by atoms with Gasteiger partial charge in [0.25, 0.3) is 0 Å². The first-order valence-electron chi connectivity index (χ1n) is 7.24. The highest BCUT2D eigenvalue weighted by Crippen LogP contribution is 2.38. The van der Waals surface area contributed by atoms with Crippen LogP contribution in [0.4, 0.5) is 0 Å². The van der Waals surface area contributed by atoms with Gasteiger partial charge in [-0.05, 0) is 29.7 Å². The molecule has 0 amide bonds. The summed E-state index contributed by atoms with van der Waals surface area (Å²) in [5.41, 5.74) is 8.60. The quantitative estimate of drug-likeness (QED) is 0.829. The van der Waals surface area contributed by atoms with Crippen molar-refractivity contribution in [3.8, 4) is 22.6 Å². The van der Waals surface area contributed by atoms with Gasteiger partial charge in [0.15, 0.2) is 0 Å². The number of rotatable bonds is 6. The Hall–Kier alpha value is -2.53. The minimum absolute atomic E-state index is 0.416. The van der Waals surface area contributed by atoms with E-state index in [0.717, 1.165) is 28.2 Å². The van der Waals surface area contributed by atoms with E-state index in [1.807, 2.05) is 42.5 Å². The van der Waals surface area contributed by atoms with Gasteiger partial charge in [-0.15, -0.1) is 0 Å². The van der Waals surface area contributed by atoms with E-state index in [1.165, 1.54) is 7.11 Å². The molecule has 0 radical (unpaired) electrons. The van der Waals surface area contributed by atoms with E-state index in [2.05, 4.69) is 4.74 Å². The van der Waals surface area contributed by atoms with Gasteiger partial charge in [-0.2, -0.15) is 0 Å². The highest BCUT2D eigenvalue weighted by molar-refractivity contribution is 5.77. The van der Waals surface area contributed by atoms with Crippen molar-refractivity contribution >= 4 is 5.97 Å². The van der Waals surface area contributed by atoms with Crippen molar-refractivity contribution in [1.29, 1.82) is 0 Å². The van der Waals surface area contributed by atoms with Crippen LogP contribution in [-0.4, -0.2) is 33.3 Å². The van der Waals surface area contributed by atoms with Gasteiger partial charge in [0.2, 0.25) is 0 Å². The lowest BCUT2D eigenvalue weighted by Gasteiger charge is -2.14. The number of esters is 1. The summed E-state index contributed by atoms with van der Waals surface area (Å²) in [6.45, 7) is 0. The summed E-state index contributed by atoms with van der Waals surface area (Å²) in [7, 11) is 4.59. The second-order valence-electron chi connectivity index (χ2n) is 5.07. The van der Waals surface area contributed by atoms with Gasteiger partial charge >= 0.3 is 5.97 Å². The monoisotopic (exact) mass is 315 g/mol. The maximum absolute atomic E-state index is 11.4. The largest absolute Gasteiger partial charge is 0.496 e. The highest BCUT2D eigenvalue weighted by atomic mass is 16.5. The van der Waals surface area contributed by atoms with Crippen LogP contribution >= 0.6 is 0 Å². The number of methoxy groups -OCH3 is 3. The molecule has 0 saturated carbocycles. The molecule has 23 heavy (non-hydrogen) atoms. The molecule has 0 bridgehead atoms. The van der Waals surface area contributed by atoms with Gasteiger partial charge in [0, 0.05) is 0 Å². The third-order valence-corrected chi connectivity index (χ3v) is 3.63. The van der Waals surface area contributed by atoms with Crippen molar-refractivity contribution in [2.75, 3.05) is 21.3 Å². The third-order valence-electron chi connectivity index (χ3n) is 3.63. The number of ether oxygens (including phenoxy) is 3. The number of hydrogen-bond donors (Lipinski definition) is 1. The Morgan fingerprint density at radius 1 is 1.00 bits per heavy atom. The molecule has 5 nitrogen and oxygen atoms in total. The average Bonchev–Trinajstić information content (AvgIpc) is 2.60. The molecule has 0 spiro atoms. The van der Waals surface area contributed by atoms with Gasteiger partial charge in [0.05, 0.1) is 26.9 Å². The summed E-state index contributed by atoms with van der Waals surface area (Å²) in [4.78, 5) is 11.4. The van der Waals surface area contributed by atoms with Gasteiger partial charge in [-0.3, -0.25) is 4.79 Å². The molecular weight excluding hydrogens is 294 g/mol. The molecule has 1 atom stereocenters. The standard InChI is InChI=1S/C18H21NO4/c1-21-15-5-4-6-16(22-2)17(15)13-9-7-12(8-10-13)11-14(19)18(20)23-3/h4-10,14H,11,19H2,1-3H3/t14-/m0/s1. The topological polar surface area (TPSA) is 70.8 Å². The minimum Gasteiger partial charge on any atom is -0.496 e. The smallest absolute Gasteiger partial charge is 0.322 e. The lowest BCUT2D eigenvalue weighted by Crippen LogP contribution is -2.33. The van der Waals surface area contributed by atoms with Crippen LogP contribution in [0, 0.1) is 0 Å². The number of hydrogen-bond acceptors (Lipinski definition) is 5. The average molecular weight is 315 g/mol. The molecule has 122 valence electrons. The molecule has 0 heterocycles. The Bertz CT molecular complexity index is 645. The molecule has 0 saturated heterocycles. The first-order chi connectivity index (χ1) is 11.1. The fourth-order valence-electron chi connectivity index (χ4n) is 2.43. The third kappa shape index (κ3) is 3.81. The van der Waals surface area contributed by atoms with E-state index < -0.39 is 12.0 Å². The van der Waals surface area contributed by atoms with E-state index in [1.54, 1.807) is 14.2 Å². The Balaban J connectivity index is 2.28. The highest BCUT2D eigenvalue weighted by Gasteiger charge is 2.15. The van der Waals surface area contributed by atoms with E-state index >= 15 is 0 Å². The van der Waals surface area contributed by atoms with Crippen molar-refractivity contribution in [3.05, 3.63) is 48.0 Å². The fourth-order valence-corrected chi connectivity index (χ4v) is 2.43. The Morgan fingerprint density at radius 3 is 2.04 bits per heavy atom. The normalized spacial score (nSPS) is 11.7. The van der Waals surface area contributed by atoms with Gasteiger partial charge in [-0.1, -0.05) is 30.3 Å². The van der Waals surface area contributed by atoms with E-state index in [4.69, 9.17) is 15.2 Å². The second-order valence-corrected chi connectivity index (χ2v) is 5.07. The van der Waals surface area contributed by atoms with E-state index in [0.29, 0.717) is 6.42 Å². The number of carbonyl (C=O) groups is 1. The van der Waals surface area contributed by atoms with Crippen LogP contribution in [0.25, 0.3) is 11.1 Å². The SMILES string of the molecule is COC(=O)[C@@H](N)Cc1ccc(-c2c(OC)cccc2OC)cc1. The van der Waals surface area contributed by atoms with Crippen molar-refractivity contribution in [2.45, 2.75) is 12.5 Å². The number of nitrogens with two attached hydrogens (primary N) is 1. The van der Waals surface area contributed by atoms with Crippen LogP contribution in [0.15, 0.2) is 42.5 Å². The lowest BCUT2D eigenvalue weighted by atomic mass is 9.99. The minimum atomic E-state index is -0.661. The number of carbonyl (C=O) groups excluding carboxylic acids is 1. The molecule has 2 N–H and O–H groups in total.